The van der Waals surface area contributed by atoms with Crippen LogP contribution in [-0.4, -0.2) is 57.3 Å². The smallest absolute Gasteiger partial charge is 0.203 e. The normalized spacial score (nSPS) is 16.2. The van der Waals surface area contributed by atoms with Crippen LogP contribution < -0.4 is 14.2 Å². The minimum absolute atomic E-state index is 0.190. The molecule has 1 aliphatic rings. The molecule has 0 saturated carbocycles. The van der Waals surface area contributed by atoms with Crippen molar-refractivity contribution in [3.05, 3.63) is 53.6 Å². The molecule has 1 heterocycles. The zero-order valence-electron chi connectivity index (χ0n) is 16.7. The highest BCUT2D eigenvalue weighted by molar-refractivity contribution is 5.53. The summed E-state index contributed by atoms with van der Waals surface area (Å²) in [5.41, 5.74) is 2.17. The van der Waals surface area contributed by atoms with E-state index < -0.39 is 0 Å². The highest BCUT2D eigenvalue weighted by Crippen LogP contribution is 2.38. The van der Waals surface area contributed by atoms with Gasteiger partial charge in [0, 0.05) is 32.7 Å². The van der Waals surface area contributed by atoms with Crippen LogP contribution in [0.5, 0.6) is 17.2 Å². The number of piperazine rings is 1. The summed E-state index contributed by atoms with van der Waals surface area (Å²) in [4.78, 5) is 4.64. The summed E-state index contributed by atoms with van der Waals surface area (Å²) in [5.74, 6) is 1.95. The molecule has 0 N–H and O–H groups in total. The van der Waals surface area contributed by atoms with Gasteiger partial charge in [-0.1, -0.05) is 30.3 Å². The van der Waals surface area contributed by atoms with Gasteiger partial charge in [0.1, 0.15) is 6.04 Å². The Labute approximate surface area is 166 Å². The Hall–Kier alpha value is -2.75. The molecule has 148 valence electrons. The number of nitriles is 1. The summed E-state index contributed by atoms with van der Waals surface area (Å²) in [6, 6.07) is 16.3. The fourth-order valence-corrected chi connectivity index (χ4v) is 3.67. The van der Waals surface area contributed by atoms with Crippen molar-refractivity contribution in [1.82, 2.24) is 9.80 Å². The maximum Gasteiger partial charge on any atom is 0.203 e. The second-order valence-corrected chi connectivity index (χ2v) is 6.79. The first-order valence-electron chi connectivity index (χ1n) is 9.40. The Bertz CT molecular complexity index is 787. The van der Waals surface area contributed by atoms with Crippen molar-refractivity contribution in [2.75, 3.05) is 47.5 Å². The Morgan fingerprint density at radius 1 is 0.929 bits per heavy atom. The maximum absolute atomic E-state index is 9.65. The highest BCUT2D eigenvalue weighted by Gasteiger charge is 2.25. The fraction of sp³-hybridized carbons (Fsp3) is 0.409. The summed E-state index contributed by atoms with van der Waals surface area (Å²) in [6.45, 7) is 4.32. The molecule has 0 bridgehead atoms. The summed E-state index contributed by atoms with van der Waals surface area (Å²) in [7, 11) is 4.87. The van der Waals surface area contributed by atoms with Gasteiger partial charge in [-0.3, -0.25) is 9.80 Å². The van der Waals surface area contributed by atoms with Gasteiger partial charge in [0.15, 0.2) is 11.5 Å². The maximum atomic E-state index is 9.65. The number of ether oxygens (including phenoxy) is 3. The zero-order chi connectivity index (χ0) is 19.9. The van der Waals surface area contributed by atoms with E-state index in [0.717, 1.165) is 43.9 Å². The number of hydrogen-bond acceptors (Lipinski definition) is 6. The van der Waals surface area contributed by atoms with Crippen LogP contribution in [0.2, 0.25) is 0 Å². The first-order valence-corrected chi connectivity index (χ1v) is 9.40. The average Bonchev–Trinajstić information content (AvgIpc) is 2.75. The van der Waals surface area contributed by atoms with Gasteiger partial charge in [0.25, 0.3) is 0 Å². The summed E-state index contributed by atoms with van der Waals surface area (Å²) >= 11 is 0. The van der Waals surface area contributed by atoms with Gasteiger partial charge in [0.2, 0.25) is 5.75 Å². The Balaban J connectivity index is 1.65. The minimum Gasteiger partial charge on any atom is -0.493 e. The molecule has 6 heteroatoms. The second kappa shape index (κ2) is 9.45. The quantitative estimate of drug-likeness (QED) is 0.735. The van der Waals surface area contributed by atoms with Crippen LogP contribution in [0.3, 0.4) is 0 Å². The fourth-order valence-electron chi connectivity index (χ4n) is 3.67. The van der Waals surface area contributed by atoms with Gasteiger partial charge in [-0.05, 0) is 23.3 Å². The molecule has 2 aromatic rings. The molecule has 0 aliphatic carbocycles. The third kappa shape index (κ3) is 4.38. The number of rotatable bonds is 7. The first kappa shape index (κ1) is 20.0. The number of benzene rings is 2. The molecule has 0 amide bonds. The van der Waals surface area contributed by atoms with Gasteiger partial charge < -0.3 is 14.2 Å². The highest BCUT2D eigenvalue weighted by atomic mass is 16.5. The first-order chi connectivity index (χ1) is 13.7. The third-order valence-electron chi connectivity index (χ3n) is 5.14. The van der Waals surface area contributed by atoms with E-state index in [1.54, 1.807) is 21.3 Å². The van der Waals surface area contributed by atoms with E-state index in [-0.39, 0.29) is 6.04 Å². The summed E-state index contributed by atoms with van der Waals surface area (Å²) in [5, 5.41) is 9.65. The van der Waals surface area contributed by atoms with Gasteiger partial charge >= 0.3 is 0 Å². The van der Waals surface area contributed by atoms with Crippen molar-refractivity contribution in [2.24, 2.45) is 0 Å². The summed E-state index contributed by atoms with van der Waals surface area (Å²) < 4.78 is 16.3. The van der Waals surface area contributed by atoms with Crippen LogP contribution >= 0.6 is 0 Å². The molecule has 1 unspecified atom stereocenters. The number of hydrogen-bond donors (Lipinski definition) is 0. The van der Waals surface area contributed by atoms with E-state index >= 15 is 0 Å². The third-order valence-corrected chi connectivity index (χ3v) is 5.14. The van der Waals surface area contributed by atoms with E-state index in [2.05, 4.69) is 15.9 Å². The molecule has 1 fully saturated rings. The second-order valence-electron chi connectivity index (χ2n) is 6.79. The molecule has 2 aromatic carbocycles. The molecular weight excluding hydrogens is 354 g/mol. The molecule has 0 aromatic heterocycles. The predicted molar refractivity (Wildman–Crippen MR) is 108 cm³/mol. The molecule has 1 atom stereocenters. The Morgan fingerprint density at radius 2 is 1.54 bits per heavy atom. The van der Waals surface area contributed by atoms with Crippen molar-refractivity contribution in [1.29, 1.82) is 5.26 Å². The van der Waals surface area contributed by atoms with E-state index in [4.69, 9.17) is 14.2 Å². The van der Waals surface area contributed by atoms with Gasteiger partial charge in [-0.25, -0.2) is 0 Å². The van der Waals surface area contributed by atoms with Crippen LogP contribution in [0, 0.1) is 11.3 Å². The Morgan fingerprint density at radius 3 is 2.04 bits per heavy atom. The largest absolute Gasteiger partial charge is 0.493 e. The standard InChI is InChI=1S/C22H27N3O3/c1-26-20-13-17(14-21(27-2)22(20)28-3)16-24-9-11-25(12-10-24)19(15-23)18-7-5-4-6-8-18/h4-8,13-14,19H,9-12,16H2,1-3H3. The molecule has 28 heavy (non-hydrogen) atoms. The van der Waals surface area contributed by atoms with Gasteiger partial charge in [-0.15, -0.1) is 0 Å². The lowest BCUT2D eigenvalue weighted by molar-refractivity contribution is 0.109. The summed E-state index contributed by atoms with van der Waals surface area (Å²) in [6.07, 6.45) is 0. The molecule has 1 saturated heterocycles. The molecule has 0 radical (unpaired) electrons. The van der Waals surface area contributed by atoms with Crippen molar-refractivity contribution >= 4 is 0 Å². The molecule has 0 spiro atoms. The van der Waals surface area contributed by atoms with E-state index in [1.165, 1.54) is 0 Å². The lowest BCUT2D eigenvalue weighted by Crippen LogP contribution is -2.46. The zero-order valence-corrected chi connectivity index (χ0v) is 16.7. The van der Waals surface area contributed by atoms with Crippen LogP contribution in [-0.2, 0) is 6.54 Å². The molecule has 1 aliphatic heterocycles. The van der Waals surface area contributed by atoms with Crippen LogP contribution in [0.4, 0.5) is 0 Å². The lowest BCUT2D eigenvalue weighted by Gasteiger charge is -2.37. The average molecular weight is 381 g/mol. The van der Waals surface area contributed by atoms with Crippen LogP contribution in [0.15, 0.2) is 42.5 Å². The monoisotopic (exact) mass is 381 g/mol. The van der Waals surface area contributed by atoms with Crippen molar-refractivity contribution in [3.8, 4) is 23.3 Å². The predicted octanol–water partition coefficient (Wildman–Crippen LogP) is 3.09. The van der Waals surface area contributed by atoms with Crippen molar-refractivity contribution < 1.29 is 14.2 Å². The molecule has 6 nitrogen and oxygen atoms in total. The van der Waals surface area contributed by atoms with E-state index in [9.17, 15) is 5.26 Å². The van der Waals surface area contributed by atoms with E-state index in [0.29, 0.717) is 17.2 Å². The van der Waals surface area contributed by atoms with Crippen molar-refractivity contribution in [3.63, 3.8) is 0 Å². The van der Waals surface area contributed by atoms with E-state index in [1.807, 2.05) is 42.5 Å². The lowest BCUT2D eigenvalue weighted by atomic mass is 10.1. The molecular formula is C22H27N3O3. The SMILES string of the molecule is COc1cc(CN2CCN(C(C#N)c3ccccc3)CC2)cc(OC)c1OC. The topological polar surface area (TPSA) is 58.0 Å². The Kier molecular flexibility index (Phi) is 6.75. The van der Waals surface area contributed by atoms with Gasteiger partial charge in [0.05, 0.1) is 27.4 Å². The number of nitrogens with zero attached hydrogens (tertiary/aromatic N) is 3. The van der Waals surface area contributed by atoms with Gasteiger partial charge in [-0.2, -0.15) is 5.26 Å². The minimum atomic E-state index is -0.190. The van der Waals surface area contributed by atoms with Crippen LogP contribution in [0.25, 0.3) is 0 Å². The van der Waals surface area contributed by atoms with Crippen LogP contribution in [0.1, 0.15) is 17.2 Å². The van der Waals surface area contributed by atoms with Crippen molar-refractivity contribution in [2.45, 2.75) is 12.6 Å². The number of methoxy groups -OCH3 is 3. The molecule has 3 rings (SSSR count).